The zero-order chi connectivity index (χ0) is 14.6. The van der Waals surface area contributed by atoms with Crippen LogP contribution in [0.1, 0.15) is 59.3 Å². The van der Waals surface area contributed by atoms with Gasteiger partial charge in [0.2, 0.25) is 0 Å². The molecule has 1 amide bonds. The number of amides is 1. The maximum Gasteiger partial charge on any atom is 0.253 e. The lowest BCUT2D eigenvalue weighted by molar-refractivity contribution is 0.0928. The summed E-state index contributed by atoms with van der Waals surface area (Å²) in [7, 11) is 0. The van der Waals surface area contributed by atoms with E-state index < -0.39 is 5.54 Å². The van der Waals surface area contributed by atoms with E-state index in [1.807, 2.05) is 13.0 Å². The highest BCUT2D eigenvalue weighted by atomic mass is 16.2. The minimum atomic E-state index is -0.424. The highest BCUT2D eigenvalue weighted by Gasteiger charge is 2.50. The molecule has 2 N–H and O–H groups in total. The van der Waals surface area contributed by atoms with Gasteiger partial charge in [0.1, 0.15) is 5.54 Å². The molecule has 0 atom stereocenters. The van der Waals surface area contributed by atoms with Crippen LogP contribution in [0.15, 0.2) is 6.07 Å². The van der Waals surface area contributed by atoms with Crippen LogP contribution in [0.5, 0.6) is 0 Å². The van der Waals surface area contributed by atoms with Gasteiger partial charge in [-0.05, 0) is 45.6 Å². The average Bonchev–Trinajstić information content (AvgIpc) is 3.35. The van der Waals surface area contributed by atoms with Crippen molar-refractivity contribution in [1.82, 2.24) is 30.5 Å². The van der Waals surface area contributed by atoms with E-state index in [-0.39, 0.29) is 5.91 Å². The predicted molar refractivity (Wildman–Crippen MR) is 74.7 cm³/mol. The van der Waals surface area contributed by atoms with Crippen molar-refractivity contribution in [3.63, 3.8) is 0 Å². The van der Waals surface area contributed by atoms with Crippen molar-refractivity contribution in [2.45, 2.75) is 51.1 Å². The topological polar surface area (TPSA) is 88.5 Å². The second kappa shape index (κ2) is 4.16. The molecule has 2 heterocycles. The molecule has 110 valence electrons. The Hall–Kier alpha value is -2.18. The van der Waals surface area contributed by atoms with Crippen LogP contribution in [0.25, 0.3) is 0 Å². The Bertz CT molecular complexity index is 693. The van der Waals surface area contributed by atoms with Gasteiger partial charge in [-0.1, -0.05) is 5.21 Å². The van der Waals surface area contributed by atoms with E-state index in [0.29, 0.717) is 11.9 Å². The number of aryl methyl sites for hydroxylation is 1. The number of tetrazole rings is 1. The summed E-state index contributed by atoms with van der Waals surface area (Å²) < 4.78 is 2.28. The number of carbonyl (C=O) groups excluding carboxylic acids is 1. The summed E-state index contributed by atoms with van der Waals surface area (Å²) in [4.78, 5) is 12.6. The molecule has 2 saturated carbocycles. The number of H-pyrrole nitrogens is 1. The molecule has 0 unspecified atom stereocenters. The van der Waals surface area contributed by atoms with E-state index in [4.69, 9.17) is 0 Å². The van der Waals surface area contributed by atoms with Crippen molar-refractivity contribution < 1.29 is 4.79 Å². The second-order valence-corrected chi connectivity index (χ2v) is 6.16. The molecule has 0 aromatic carbocycles. The Morgan fingerprint density at radius 1 is 1.43 bits per heavy atom. The molecule has 0 radical (unpaired) electrons. The van der Waals surface area contributed by atoms with Gasteiger partial charge in [0.15, 0.2) is 5.82 Å². The zero-order valence-corrected chi connectivity index (χ0v) is 12.2. The summed E-state index contributed by atoms with van der Waals surface area (Å²) in [6, 6.07) is 2.56. The number of aromatic nitrogens is 5. The maximum atomic E-state index is 12.6. The predicted octanol–water partition coefficient (Wildman–Crippen LogP) is 1.37. The van der Waals surface area contributed by atoms with Crippen molar-refractivity contribution in [2.75, 3.05) is 0 Å². The van der Waals surface area contributed by atoms with E-state index in [1.165, 1.54) is 12.8 Å². The minimum Gasteiger partial charge on any atom is -0.345 e. The molecular weight excluding hydrogens is 268 g/mol. The molecular formula is C14H18N6O. The molecule has 2 aliphatic carbocycles. The van der Waals surface area contributed by atoms with Gasteiger partial charge < -0.3 is 9.88 Å². The molecule has 0 bridgehead atoms. The maximum absolute atomic E-state index is 12.6. The summed E-state index contributed by atoms with van der Waals surface area (Å²) in [6.07, 6.45) is 4.15. The number of hydrogen-bond donors (Lipinski definition) is 2. The van der Waals surface area contributed by atoms with E-state index in [0.717, 1.165) is 29.8 Å². The monoisotopic (exact) mass is 286 g/mol. The lowest BCUT2D eigenvalue weighted by Crippen LogP contribution is -2.36. The fraction of sp³-hybridized carbons (Fsp3) is 0.571. The van der Waals surface area contributed by atoms with Crippen LogP contribution in [0, 0.1) is 13.8 Å². The van der Waals surface area contributed by atoms with Crippen molar-refractivity contribution in [2.24, 2.45) is 0 Å². The number of nitrogens with zero attached hydrogens (tertiary/aromatic N) is 4. The molecule has 2 aliphatic rings. The molecule has 0 aliphatic heterocycles. The van der Waals surface area contributed by atoms with E-state index in [9.17, 15) is 4.79 Å². The molecule has 7 nitrogen and oxygen atoms in total. The first-order valence-corrected chi connectivity index (χ1v) is 7.35. The Kier molecular flexibility index (Phi) is 2.49. The lowest BCUT2D eigenvalue weighted by Gasteiger charge is -2.13. The van der Waals surface area contributed by atoms with Gasteiger partial charge in [-0.25, -0.2) is 0 Å². The van der Waals surface area contributed by atoms with Gasteiger partial charge in [0, 0.05) is 17.4 Å². The molecule has 21 heavy (non-hydrogen) atoms. The number of rotatable bonds is 4. The molecule has 0 saturated heterocycles. The van der Waals surface area contributed by atoms with Gasteiger partial charge in [0.05, 0.1) is 5.56 Å². The third kappa shape index (κ3) is 1.95. The molecule has 2 aromatic heterocycles. The quantitative estimate of drug-likeness (QED) is 0.888. The van der Waals surface area contributed by atoms with Gasteiger partial charge >= 0.3 is 0 Å². The SMILES string of the molecule is Cc1cc(C(=O)NC2(c3nn[nH]n3)CC2)c(C)n1C1CC1. The standard InChI is InChI=1S/C14H18N6O/c1-8-7-11(9(2)20(8)10-3-4-10)12(21)15-14(5-6-14)13-16-18-19-17-13/h7,10H,3-6H2,1-2H3,(H,15,21)(H,16,17,18,19). The second-order valence-electron chi connectivity index (χ2n) is 6.16. The number of nitrogens with one attached hydrogen (secondary N) is 2. The zero-order valence-electron chi connectivity index (χ0n) is 12.2. The summed E-state index contributed by atoms with van der Waals surface area (Å²) in [5, 5.41) is 17.2. The summed E-state index contributed by atoms with van der Waals surface area (Å²) in [5.41, 5.74) is 2.54. The molecule has 0 spiro atoms. The van der Waals surface area contributed by atoms with E-state index in [1.54, 1.807) is 0 Å². The first kappa shape index (κ1) is 12.6. The minimum absolute atomic E-state index is 0.0442. The number of carbonyl (C=O) groups is 1. The van der Waals surface area contributed by atoms with Crippen LogP contribution in [0.4, 0.5) is 0 Å². The van der Waals surface area contributed by atoms with Crippen LogP contribution in [0.3, 0.4) is 0 Å². The van der Waals surface area contributed by atoms with Gasteiger partial charge in [-0.15, -0.1) is 10.2 Å². The smallest absolute Gasteiger partial charge is 0.253 e. The summed E-state index contributed by atoms with van der Waals surface area (Å²) in [6.45, 7) is 4.09. The van der Waals surface area contributed by atoms with Crippen LogP contribution < -0.4 is 5.32 Å². The molecule has 2 fully saturated rings. The Balaban J connectivity index is 1.60. The summed E-state index contributed by atoms with van der Waals surface area (Å²) in [5.74, 6) is 0.532. The third-order valence-corrected chi connectivity index (χ3v) is 4.52. The van der Waals surface area contributed by atoms with Gasteiger partial charge in [-0.2, -0.15) is 5.21 Å². The average molecular weight is 286 g/mol. The van der Waals surface area contributed by atoms with Crippen molar-refractivity contribution in [3.8, 4) is 0 Å². The molecule has 7 heteroatoms. The normalized spacial score (nSPS) is 19.5. The van der Waals surface area contributed by atoms with Crippen molar-refractivity contribution in [3.05, 3.63) is 28.8 Å². The Morgan fingerprint density at radius 2 is 2.19 bits per heavy atom. The van der Waals surface area contributed by atoms with Crippen LogP contribution in [-0.2, 0) is 5.54 Å². The molecule has 4 rings (SSSR count). The number of hydrogen-bond acceptors (Lipinski definition) is 4. The lowest BCUT2D eigenvalue weighted by atomic mass is 10.2. The van der Waals surface area contributed by atoms with Crippen LogP contribution in [0.2, 0.25) is 0 Å². The first-order valence-electron chi connectivity index (χ1n) is 7.35. The fourth-order valence-corrected chi connectivity index (χ4v) is 3.08. The van der Waals surface area contributed by atoms with Crippen LogP contribution >= 0.6 is 0 Å². The highest BCUT2D eigenvalue weighted by Crippen LogP contribution is 2.44. The third-order valence-electron chi connectivity index (χ3n) is 4.52. The van der Waals surface area contributed by atoms with Crippen molar-refractivity contribution >= 4 is 5.91 Å². The fourth-order valence-electron chi connectivity index (χ4n) is 3.08. The summed E-state index contributed by atoms with van der Waals surface area (Å²) >= 11 is 0. The van der Waals surface area contributed by atoms with E-state index >= 15 is 0 Å². The Labute approximate surface area is 122 Å². The van der Waals surface area contributed by atoms with Gasteiger partial charge in [0.25, 0.3) is 5.91 Å². The van der Waals surface area contributed by atoms with Crippen molar-refractivity contribution in [1.29, 1.82) is 0 Å². The van der Waals surface area contributed by atoms with Gasteiger partial charge in [-0.3, -0.25) is 4.79 Å². The van der Waals surface area contributed by atoms with Crippen LogP contribution in [-0.4, -0.2) is 31.1 Å². The Morgan fingerprint density at radius 3 is 2.76 bits per heavy atom. The first-order chi connectivity index (χ1) is 10.1. The van der Waals surface area contributed by atoms with E-state index in [2.05, 4.69) is 37.4 Å². The largest absolute Gasteiger partial charge is 0.345 e. The number of aromatic amines is 1. The molecule has 2 aromatic rings. The highest BCUT2D eigenvalue weighted by molar-refractivity contribution is 5.96.